The SMILES string of the molecule is Cc1cn(CCCNC[C@@H](O)CO)cn1. The third kappa shape index (κ3) is 4.92. The van der Waals surface area contributed by atoms with Crippen LogP contribution < -0.4 is 5.32 Å². The van der Waals surface area contributed by atoms with Crippen LogP contribution in [-0.2, 0) is 6.54 Å². The van der Waals surface area contributed by atoms with E-state index in [1.54, 1.807) is 0 Å². The number of rotatable bonds is 7. The van der Waals surface area contributed by atoms with Crippen LogP contribution >= 0.6 is 0 Å². The van der Waals surface area contributed by atoms with Crippen molar-refractivity contribution in [3.05, 3.63) is 18.2 Å². The zero-order chi connectivity index (χ0) is 11.1. The zero-order valence-electron chi connectivity index (χ0n) is 9.06. The maximum absolute atomic E-state index is 9.05. The first-order valence-corrected chi connectivity index (χ1v) is 5.20. The minimum atomic E-state index is -0.652. The van der Waals surface area contributed by atoms with Crippen molar-refractivity contribution >= 4 is 0 Å². The first-order chi connectivity index (χ1) is 7.22. The lowest BCUT2D eigenvalue weighted by atomic mass is 10.3. The molecule has 1 heterocycles. The lowest BCUT2D eigenvalue weighted by Gasteiger charge is -2.08. The van der Waals surface area contributed by atoms with Gasteiger partial charge in [-0.3, -0.25) is 0 Å². The Bertz CT molecular complexity index is 275. The second kappa shape index (κ2) is 6.55. The zero-order valence-corrected chi connectivity index (χ0v) is 9.06. The second-order valence-electron chi connectivity index (χ2n) is 3.65. The summed E-state index contributed by atoms with van der Waals surface area (Å²) in [5, 5.41) is 20.7. The number of aryl methyl sites for hydroxylation is 2. The van der Waals surface area contributed by atoms with Crippen molar-refractivity contribution in [1.29, 1.82) is 0 Å². The average Bonchev–Trinajstić information content (AvgIpc) is 2.63. The first-order valence-electron chi connectivity index (χ1n) is 5.20. The molecule has 5 heteroatoms. The number of hydrogen-bond donors (Lipinski definition) is 3. The maximum atomic E-state index is 9.05. The van der Waals surface area contributed by atoms with Gasteiger partial charge in [0.25, 0.3) is 0 Å². The number of imidazole rings is 1. The molecule has 15 heavy (non-hydrogen) atoms. The van der Waals surface area contributed by atoms with Gasteiger partial charge in [-0.05, 0) is 19.9 Å². The Kier molecular flexibility index (Phi) is 5.31. The van der Waals surface area contributed by atoms with Crippen molar-refractivity contribution < 1.29 is 10.2 Å². The maximum Gasteiger partial charge on any atom is 0.0949 e. The standard InChI is InChI=1S/C10H19N3O2/c1-9-6-13(8-12-9)4-2-3-11-5-10(15)7-14/h6,8,10-11,14-15H,2-5,7H2,1H3/t10-/m1/s1. The van der Waals surface area contributed by atoms with Crippen LogP contribution in [0.4, 0.5) is 0 Å². The summed E-state index contributed by atoms with van der Waals surface area (Å²) in [6, 6.07) is 0. The molecular formula is C10H19N3O2. The van der Waals surface area contributed by atoms with E-state index in [-0.39, 0.29) is 6.61 Å². The van der Waals surface area contributed by atoms with Gasteiger partial charge in [0.1, 0.15) is 0 Å². The van der Waals surface area contributed by atoms with Crippen LogP contribution in [0, 0.1) is 6.92 Å². The van der Waals surface area contributed by atoms with Crippen molar-refractivity contribution in [3.63, 3.8) is 0 Å². The minimum absolute atomic E-state index is 0.187. The summed E-state index contributed by atoms with van der Waals surface area (Å²) in [5.41, 5.74) is 1.03. The van der Waals surface area contributed by atoms with E-state index >= 15 is 0 Å². The van der Waals surface area contributed by atoms with Gasteiger partial charge >= 0.3 is 0 Å². The number of aromatic nitrogens is 2. The molecule has 0 amide bonds. The summed E-state index contributed by atoms with van der Waals surface area (Å²) in [5.74, 6) is 0. The third-order valence-corrected chi connectivity index (χ3v) is 2.12. The van der Waals surface area contributed by atoms with Crippen LogP contribution in [-0.4, -0.2) is 45.6 Å². The van der Waals surface area contributed by atoms with E-state index in [0.717, 1.165) is 25.2 Å². The van der Waals surface area contributed by atoms with E-state index < -0.39 is 6.10 Å². The molecule has 0 saturated carbocycles. The fourth-order valence-corrected chi connectivity index (χ4v) is 1.31. The van der Waals surface area contributed by atoms with Crippen LogP contribution in [0.3, 0.4) is 0 Å². The Morgan fingerprint density at radius 2 is 2.40 bits per heavy atom. The van der Waals surface area contributed by atoms with Gasteiger partial charge in [0.15, 0.2) is 0 Å². The Balaban J connectivity index is 2.02. The molecule has 0 spiro atoms. The summed E-state index contributed by atoms with van der Waals surface area (Å²) < 4.78 is 2.04. The predicted molar refractivity (Wildman–Crippen MR) is 57.5 cm³/mol. The van der Waals surface area contributed by atoms with E-state index in [1.807, 2.05) is 24.0 Å². The van der Waals surface area contributed by atoms with Crippen LogP contribution in [0.1, 0.15) is 12.1 Å². The molecule has 0 fully saturated rings. The fourth-order valence-electron chi connectivity index (χ4n) is 1.31. The van der Waals surface area contributed by atoms with Gasteiger partial charge in [-0.25, -0.2) is 4.98 Å². The van der Waals surface area contributed by atoms with Crippen molar-refractivity contribution in [2.75, 3.05) is 19.7 Å². The fraction of sp³-hybridized carbons (Fsp3) is 0.700. The molecule has 0 aromatic carbocycles. The van der Waals surface area contributed by atoms with Gasteiger partial charge in [0.2, 0.25) is 0 Å². The van der Waals surface area contributed by atoms with Crippen molar-refractivity contribution in [2.45, 2.75) is 26.0 Å². The van der Waals surface area contributed by atoms with Gasteiger partial charge < -0.3 is 20.1 Å². The van der Waals surface area contributed by atoms with Crippen LogP contribution in [0.2, 0.25) is 0 Å². The number of nitrogens with one attached hydrogen (secondary N) is 1. The molecule has 3 N–H and O–H groups in total. The highest BCUT2D eigenvalue weighted by Crippen LogP contribution is 1.94. The van der Waals surface area contributed by atoms with E-state index in [4.69, 9.17) is 10.2 Å². The van der Waals surface area contributed by atoms with Crippen molar-refractivity contribution in [3.8, 4) is 0 Å². The monoisotopic (exact) mass is 213 g/mol. The largest absolute Gasteiger partial charge is 0.394 e. The summed E-state index contributed by atoms with van der Waals surface area (Å²) in [6.45, 7) is 3.97. The molecular weight excluding hydrogens is 194 g/mol. The molecule has 0 saturated heterocycles. The first kappa shape index (κ1) is 12.2. The second-order valence-corrected chi connectivity index (χ2v) is 3.65. The van der Waals surface area contributed by atoms with Crippen LogP contribution in [0.5, 0.6) is 0 Å². The predicted octanol–water partition coefficient (Wildman–Crippen LogP) is -0.476. The summed E-state index contributed by atoms with van der Waals surface area (Å²) in [7, 11) is 0. The highest BCUT2D eigenvalue weighted by Gasteiger charge is 1.99. The summed E-state index contributed by atoms with van der Waals surface area (Å²) >= 11 is 0. The summed E-state index contributed by atoms with van der Waals surface area (Å²) in [6.07, 6.45) is 4.15. The number of aliphatic hydroxyl groups is 2. The van der Waals surface area contributed by atoms with E-state index in [2.05, 4.69) is 10.3 Å². The lowest BCUT2D eigenvalue weighted by molar-refractivity contribution is 0.0945. The van der Waals surface area contributed by atoms with Gasteiger partial charge in [-0.15, -0.1) is 0 Å². The Morgan fingerprint density at radius 3 is 3.00 bits per heavy atom. The van der Waals surface area contributed by atoms with Crippen LogP contribution in [0.25, 0.3) is 0 Å². The normalized spacial score (nSPS) is 13.0. The van der Waals surface area contributed by atoms with Crippen molar-refractivity contribution in [1.82, 2.24) is 14.9 Å². The van der Waals surface area contributed by atoms with Crippen LogP contribution in [0.15, 0.2) is 12.5 Å². The molecule has 0 radical (unpaired) electrons. The van der Waals surface area contributed by atoms with Gasteiger partial charge in [0.05, 0.1) is 24.7 Å². The Morgan fingerprint density at radius 1 is 1.60 bits per heavy atom. The van der Waals surface area contributed by atoms with E-state index in [9.17, 15) is 0 Å². The highest BCUT2D eigenvalue weighted by molar-refractivity contribution is 4.91. The third-order valence-electron chi connectivity index (χ3n) is 2.12. The molecule has 1 aromatic heterocycles. The number of aliphatic hydroxyl groups excluding tert-OH is 2. The molecule has 1 aromatic rings. The topological polar surface area (TPSA) is 70.3 Å². The van der Waals surface area contributed by atoms with Crippen molar-refractivity contribution in [2.24, 2.45) is 0 Å². The van der Waals surface area contributed by atoms with E-state index in [0.29, 0.717) is 6.54 Å². The molecule has 1 rings (SSSR count). The average molecular weight is 213 g/mol. The Labute approximate surface area is 89.8 Å². The van der Waals surface area contributed by atoms with Gasteiger partial charge in [-0.2, -0.15) is 0 Å². The number of nitrogens with zero attached hydrogens (tertiary/aromatic N) is 2. The molecule has 86 valence electrons. The Hall–Kier alpha value is -0.910. The molecule has 5 nitrogen and oxygen atoms in total. The van der Waals surface area contributed by atoms with E-state index in [1.165, 1.54) is 0 Å². The molecule has 0 bridgehead atoms. The summed E-state index contributed by atoms with van der Waals surface area (Å²) in [4.78, 5) is 4.13. The molecule has 0 unspecified atom stereocenters. The minimum Gasteiger partial charge on any atom is -0.394 e. The molecule has 0 aliphatic carbocycles. The highest BCUT2D eigenvalue weighted by atomic mass is 16.3. The molecule has 1 atom stereocenters. The molecule has 0 aliphatic heterocycles. The van der Waals surface area contributed by atoms with Gasteiger partial charge in [0, 0.05) is 19.3 Å². The number of hydrogen-bond acceptors (Lipinski definition) is 4. The lowest BCUT2D eigenvalue weighted by Crippen LogP contribution is -2.30. The smallest absolute Gasteiger partial charge is 0.0949 e. The quantitative estimate of drug-likeness (QED) is 0.535. The van der Waals surface area contributed by atoms with Gasteiger partial charge in [-0.1, -0.05) is 0 Å². The molecule has 0 aliphatic rings.